The molecule has 2 aromatic rings. The molecule has 2 aromatic carbocycles. The van der Waals surface area contributed by atoms with Gasteiger partial charge in [-0.1, -0.05) is 18.2 Å². The maximum atomic E-state index is 14.3. The first-order valence-corrected chi connectivity index (χ1v) is 9.69. The van der Waals surface area contributed by atoms with Crippen molar-refractivity contribution in [2.75, 3.05) is 18.1 Å². The molecule has 7 heteroatoms. The fourth-order valence-electron chi connectivity index (χ4n) is 3.63. The molecule has 0 fully saturated rings. The minimum Gasteiger partial charge on any atom is -0.434 e. The lowest BCUT2D eigenvalue weighted by Crippen LogP contribution is -2.38. The lowest BCUT2D eigenvalue weighted by Gasteiger charge is -2.30. The number of fused-ring (bicyclic) bond motifs is 1. The first-order valence-electron chi connectivity index (χ1n) is 9.69. The highest BCUT2D eigenvalue weighted by molar-refractivity contribution is 5.95. The zero-order valence-corrected chi connectivity index (χ0v) is 16.6. The van der Waals surface area contributed by atoms with E-state index in [0.29, 0.717) is 18.0 Å². The standard InChI is InChI=1S/C22H25FN2O4/c1-3-28-22(27)29-16-9-10-17(14(2)12-16)19(24)13-20(26)25-11-5-7-15-6-4-8-18(23)21(15)25/h4,6,8-10,12,19H,3,5,7,11,13,24H2,1-2H3. The van der Waals surface area contributed by atoms with Crippen LogP contribution in [0.25, 0.3) is 0 Å². The predicted octanol–water partition coefficient (Wildman–Crippen LogP) is 4.04. The first kappa shape index (κ1) is 20.8. The number of aryl methyl sites for hydroxylation is 2. The average Bonchev–Trinajstić information content (AvgIpc) is 2.68. The van der Waals surface area contributed by atoms with Gasteiger partial charge in [0.25, 0.3) is 0 Å². The minimum absolute atomic E-state index is 0.0483. The normalized spacial score (nSPS) is 14.1. The lowest BCUT2D eigenvalue weighted by molar-refractivity contribution is -0.119. The van der Waals surface area contributed by atoms with E-state index in [-0.39, 0.29) is 24.8 Å². The molecule has 3 rings (SSSR count). The van der Waals surface area contributed by atoms with Crippen molar-refractivity contribution >= 4 is 17.7 Å². The molecule has 1 aliphatic rings. The van der Waals surface area contributed by atoms with E-state index in [1.807, 2.05) is 13.0 Å². The number of ether oxygens (including phenoxy) is 2. The van der Waals surface area contributed by atoms with E-state index < -0.39 is 12.2 Å². The largest absolute Gasteiger partial charge is 0.513 e. The molecule has 0 aliphatic carbocycles. The number of hydrogen-bond acceptors (Lipinski definition) is 5. The molecule has 29 heavy (non-hydrogen) atoms. The Balaban J connectivity index is 1.72. The quantitative estimate of drug-likeness (QED) is 0.605. The average molecular weight is 400 g/mol. The number of rotatable bonds is 5. The zero-order chi connectivity index (χ0) is 21.0. The number of carbonyl (C=O) groups excluding carboxylic acids is 2. The van der Waals surface area contributed by atoms with Gasteiger partial charge in [-0.2, -0.15) is 0 Å². The van der Waals surface area contributed by atoms with Crippen molar-refractivity contribution in [1.82, 2.24) is 0 Å². The van der Waals surface area contributed by atoms with Gasteiger partial charge in [0, 0.05) is 19.0 Å². The van der Waals surface area contributed by atoms with E-state index in [9.17, 15) is 14.0 Å². The molecule has 0 saturated heterocycles. The van der Waals surface area contributed by atoms with Crippen molar-refractivity contribution in [3.05, 3.63) is 58.9 Å². The molecule has 1 atom stereocenters. The van der Waals surface area contributed by atoms with Crippen LogP contribution in [-0.2, 0) is 16.0 Å². The Hall–Kier alpha value is -2.93. The van der Waals surface area contributed by atoms with Gasteiger partial charge in [-0.15, -0.1) is 0 Å². The Morgan fingerprint density at radius 2 is 2.07 bits per heavy atom. The Labute approximate surface area is 169 Å². The molecule has 0 aromatic heterocycles. The van der Waals surface area contributed by atoms with Crippen LogP contribution in [0.4, 0.5) is 14.9 Å². The third kappa shape index (κ3) is 4.74. The summed E-state index contributed by atoms with van der Waals surface area (Å²) in [6.45, 7) is 4.22. The van der Waals surface area contributed by atoms with Crippen molar-refractivity contribution < 1.29 is 23.5 Å². The Morgan fingerprint density at radius 1 is 1.28 bits per heavy atom. The Bertz CT molecular complexity index is 916. The highest BCUT2D eigenvalue weighted by Gasteiger charge is 2.27. The van der Waals surface area contributed by atoms with E-state index in [4.69, 9.17) is 15.2 Å². The first-order chi connectivity index (χ1) is 13.9. The van der Waals surface area contributed by atoms with Crippen LogP contribution in [0.3, 0.4) is 0 Å². The molecule has 154 valence electrons. The summed E-state index contributed by atoms with van der Waals surface area (Å²) in [5.74, 6) is -0.258. The molecule has 1 aliphatic heterocycles. The Kier molecular flexibility index (Phi) is 6.49. The summed E-state index contributed by atoms with van der Waals surface area (Å²) in [5.41, 5.74) is 9.05. The summed E-state index contributed by atoms with van der Waals surface area (Å²) < 4.78 is 24.2. The number of hydrogen-bond donors (Lipinski definition) is 1. The summed E-state index contributed by atoms with van der Waals surface area (Å²) in [6.07, 6.45) is 0.817. The van der Waals surface area contributed by atoms with Gasteiger partial charge in [0.1, 0.15) is 11.6 Å². The van der Waals surface area contributed by atoms with Gasteiger partial charge >= 0.3 is 6.16 Å². The van der Waals surface area contributed by atoms with Gasteiger partial charge in [-0.3, -0.25) is 4.79 Å². The molecule has 0 spiro atoms. The topological polar surface area (TPSA) is 81.9 Å². The van der Waals surface area contributed by atoms with Crippen LogP contribution in [-0.4, -0.2) is 25.2 Å². The molecule has 1 heterocycles. The highest BCUT2D eigenvalue weighted by atomic mass is 19.1. The van der Waals surface area contributed by atoms with Crippen LogP contribution in [0.1, 0.15) is 42.5 Å². The van der Waals surface area contributed by atoms with Gasteiger partial charge in [0.15, 0.2) is 0 Å². The van der Waals surface area contributed by atoms with Gasteiger partial charge < -0.3 is 20.1 Å². The Morgan fingerprint density at radius 3 is 2.79 bits per heavy atom. The van der Waals surface area contributed by atoms with Gasteiger partial charge in [0.05, 0.1) is 12.3 Å². The third-order valence-corrected chi connectivity index (χ3v) is 4.97. The summed E-state index contributed by atoms with van der Waals surface area (Å²) in [4.78, 5) is 25.8. The van der Waals surface area contributed by atoms with Crippen LogP contribution in [0.15, 0.2) is 36.4 Å². The summed E-state index contributed by atoms with van der Waals surface area (Å²) in [7, 11) is 0. The molecular weight excluding hydrogens is 375 g/mol. The number of benzene rings is 2. The molecule has 6 nitrogen and oxygen atoms in total. The summed E-state index contributed by atoms with van der Waals surface area (Å²) in [6, 6.07) is 9.34. The number of anilines is 1. The number of para-hydroxylation sites is 1. The second kappa shape index (κ2) is 9.05. The van der Waals surface area contributed by atoms with Gasteiger partial charge in [0.2, 0.25) is 5.91 Å². The lowest BCUT2D eigenvalue weighted by atomic mass is 9.97. The number of nitrogens with zero attached hydrogens (tertiary/aromatic N) is 1. The van der Waals surface area contributed by atoms with Crippen molar-refractivity contribution in [3.8, 4) is 5.75 Å². The molecule has 0 bridgehead atoms. The number of carbonyl (C=O) groups is 2. The van der Waals surface area contributed by atoms with Crippen molar-refractivity contribution in [3.63, 3.8) is 0 Å². The van der Waals surface area contributed by atoms with Crippen LogP contribution in [0, 0.1) is 12.7 Å². The molecule has 0 radical (unpaired) electrons. The fourth-order valence-corrected chi connectivity index (χ4v) is 3.63. The van der Waals surface area contributed by atoms with Crippen molar-refractivity contribution in [1.29, 1.82) is 0 Å². The molecule has 0 saturated carbocycles. The summed E-state index contributed by atoms with van der Waals surface area (Å²) >= 11 is 0. The van der Waals surface area contributed by atoms with Crippen LogP contribution >= 0.6 is 0 Å². The maximum absolute atomic E-state index is 14.3. The minimum atomic E-state index is -0.773. The highest BCUT2D eigenvalue weighted by Crippen LogP contribution is 2.32. The van der Waals surface area contributed by atoms with Gasteiger partial charge in [-0.05, 0) is 61.6 Å². The second-order valence-corrected chi connectivity index (χ2v) is 7.01. The van der Waals surface area contributed by atoms with Gasteiger partial charge in [-0.25, -0.2) is 9.18 Å². The van der Waals surface area contributed by atoms with Crippen LogP contribution in [0.2, 0.25) is 0 Å². The van der Waals surface area contributed by atoms with Crippen LogP contribution in [0.5, 0.6) is 5.75 Å². The molecule has 1 amide bonds. The fraction of sp³-hybridized carbons (Fsp3) is 0.364. The summed E-state index contributed by atoms with van der Waals surface area (Å²) in [5, 5.41) is 0. The van der Waals surface area contributed by atoms with E-state index in [1.54, 1.807) is 31.2 Å². The predicted molar refractivity (Wildman–Crippen MR) is 107 cm³/mol. The van der Waals surface area contributed by atoms with E-state index in [1.165, 1.54) is 11.0 Å². The monoisotopic (exact) mass is 400 g/mol. The van der Waals surface area contributed by atoms with Crippen LogP contribution < -0.4 is 15.4 Å². The SMILES string of the molecule is CCOC(=O)Oc1ccc(C(N)CC(=O)N2CCCc3cccc(F)c32)c(C)c1. The van der Waals surface area contributed by atoms with E-state index in [0.717, 1.165) is 29.5 Å². The number of amides is 1. The van der Waals surface area contributed by atoms with Crippen molar-refractivity contribution in [2.45, 2.75) is 39.2 Å². The van der Waals surface area contributed by atoms with Crippen molar-refractivity contribution in [2.24, 2.45) is 5.73 Å². The van der Waals surface area contributed by atoms with E-state index in [2.05, 4.69) is 0 Å². The zero-order valence-electron chi connectivity index (χ0n) is 16.6. The molecule has 1 unspecified atom stereocenters. The number of halogens is 1. The molecular formula is C22H25FN2O4. The van der Waals surface area contributed by atoms with E-state index >= 15 is 0 Å². The maximum Gasteiger partial charge on any atom is 0.513 e. The molecule has 2 N–H and O–H groups in total. The third-order valence-electron chi connectivity index (χ3n) is 4.97. The smallest absolute Gasteiger partial charge is 0.434 e. The second-order valence-electron chi connectivity index (χ2n) is 7.01. The number of nitrogens with two attached hydrogens (primary N) is 1.